The number of carbonyl (C=O) groups excluding carboxylic acids is 2. The Kier molecular flexibility index (Phi) is 7.28. The molecular formula is C32H30N6O4. The van der Waals surface area contributed by atoms with Gasteiger partial charge in [-0.25, -0.2) is 0 Å². The highest BCUT2D eigenvalue weighted by molar-refractivity contribution is 6.12. The second-order valence-electron chi connectivity index (χ2n) is 10.2. The van der Waals surface area contributed by atoms with Gasteiger partial charge in [-0.3, -0.25) is 19.3 Å². The van der Waals surface area contributed by atoms with Gasteiger partial charge < -0.3 is 25.0 Å². The molecule has 3 aromatic carbocycles. The molecule has 1 amide bonds. The first-order valence-electron chi connectivity index (χ1n) is 13.6. The number of nitrogens with one attached hydrogen (secondary N) is 2. The van der Waals surface area contributed by atoms with Crippen molar-refractivity contribution in [2.24, 2.45) is 12.0 Å². The Morgan fingerprint density at radius 3 is 2.40 bits per heavy atom. The Bertz CT molecular complexity index is 1800. The number of rotatable bonds is 7. The maximum absolute atomic E-state index is 13.3. The third-order valence-electron chi connectivity index (χ3n) is 7.29. The predicted molar refractivity (Wildman–Crippen MR) is 162 cm³/mol. The molecule has 0 spiro atoms. The van der Waals surface area contributed by atoms with E-state index >= 15 is 0 Å². The number of morpholine rings is 1. The number of H-pyrrole nitrogens is 1. The summed E-state index contributed by atoms with van der Waals surface area (Å²) in [6, 6.07) is 21.6. The molecule has 42 heavy (non-hydrogen) atoms. The predicted octanol–water partition coefficient (Wildman–Crippen LogP) is 4.99. The van der Waals surface area contributed by atoms with Crippen LogP contribution in [0.15, 0.2) is 77.8 Å². The molecule has 3 heterocycles. The van der Waals surface area contributed by atoms with Crippen LogP contribution in [0.2, 0.25) is 0 Å². The molecule has 0 atom stereocenters. The Labute approximate surface area is 242 Å². The van der Waals surface area contributed by atoms with Crippen LogP contribution in [0, 0.1) is 6.92 Å². The number of aromatic amines is 1. The topological polar surface area (TPSA) is 125 Å². The number of hydrogen-bond acceptors (Lipinski definition) is 7. The highest BCUT2D eigenvalue weighted by Crippen LogP contribution is 2.29. The number of amides is 1. The average molecular weight is 563 g/mol. The number of aromatic hydroxyl groups is 1. The summed E-state index contributed by atoms with van der Waals surface area (Å²) < 4.78 is 6.95. The molecule has 0 unspecified atom stereocenters. The number of aryl methyl sites for hydroxylation is 2. The fraction of sp³-hybridized carbons (Fsp3) is 0.188. The van der Waals surface area contributed by atoms with Crippen molar-refractivity contribution >= 4 is 45.9 Å². The minimum Gasteiger partial charge on any atom is -0.494 e. The van der Waals surface area contributed by atoms with Crippen LogP contribution in [0.25, 0.3) is 10.9 Å². The van der Waals surface area contributed by atoms with Crippen LogP contribution in [-0.4, -0.2) is 64.1 Å². The summed E-state index contributed by atoms with van der Waals surface area (Å²) in [7, 11) is 1.71. The number of benzene rings is 3. The van der Waals surface area contributed by atoms with Crippen molar-refractivity contribution in [2.75, 3.05) is 36.5 Å². The molecule has 0 aliphatic carbocycles. The van der Waals surface area contributed by atoms with Crippen molar-refractivity contribution in [2.45, 2.75) is 6.92 Å². The zero-order valence-electron chi connectivity index (χ0n) is 23.3. The standard InChI is InChI=1S/C32H30N6O4/c1-20-17-29(37(2)36-20)32(41)34-24-6-3-21(4-7-24)30(39)22-5-12-28-26(18-22)27(31(40)35-28)19-33-23-8-10-25(11-9-23)38-13-15-42-16-14-38/h3-12,17-19,35,40H,13-16H2,1-2H3,(H,34,41). The van der Waals surface area contributed by atoms with Crippen LogP contribution in [-0.2, 0) is 11.8 Å². The van der Waals surface area contributed by atoms with E-state index in [0.717, 1.165) is 43.4 Å². The monoisotopic (exact) mass is 562 g/mol. The van der Waals surface area contributed by atoms with Crippen molar-refractivity contribution in [1.82, 2.24) is 14.8 Å². The van der Waals surface area contributed by atoms with Gasteiger partial charge in [0.25, 0.3) is 5.91 Å². The van der Waals surface area contributed by atoms with Crippen LogP contribution < -0.4 is 10.2 Å². The fourth-order valence-corrected chi connectivity index (χ4v) is 5.07. The maximum atomic E-state index is 13.3. The van der Waals surface area contributed by atoms with Gasteiger partial charge in [-0.05, 0) is 79.7 Å². The van der Waals surface area contributed by atoms with E-state index in [-0.39, 0.29) is 17.6 Å². The van der Waals surface area contributed by atoms with Crippen LogP contribution >= 0.6 is 0 Å². The van der Waals surface area contributed by atoms with Gasteiger partial charge in [0.1, 0.15) is 5.69 Å². The van der Waals surface area contributed by atoms with Gasteiger partial charge >= 0.3 is 0 Å². The third-order valence-corrected chi connectivity index (χ3v) is 7.29. The number of aliphatic imine (C=N–C) groups is 1. The molecule has 10 nitrogen and oxygen atoms in total. The summed E-state index contributed by atoms with van der Waals surface area (Å²) in [5.41, 5.74) is 5.76. The van der Waals surface area contributed by atoms with E-state index in [2.05, 4.69) is 25.3 Å². The van der Waals surface area contributed by atoms with Gasteiger partial charge in [-0.15, -0.1) is 0 Å². The van der Waals surface area contributed by atoms with Gasteiger partial charge in [0.15, 0.2) is 11.7 Å². The molecule has 5 aromatic rings. The van der Waals surface area contributed by atoms with Crippen molar-refractivity contribution in [1.29, 1.82) is 0 Å². The molecule has 212 valence electrons. The smallest absolute Gasteiger partial charge is 0.273 e. The van der Waals surface area contributed by atoms with Crippen LogP contribution in [0.3, 0.4) is 0 Å². The maximum Gasteiger partial charge on any atom is 0.273 e. The fourth-order valence-electron chi connectivity index (χ4n) is 5.07. The third kappa shape index (κ3) is 5.52. The van der Waals surface area contributed by atoms with Crippen LogP contribution in [0.4, 0.5) is 17.1 Å². The highest BCUT2D eigenvalue weighted by atomic mass is 16.5. The normalized spacial score (nSPS) is 13.6. The molecule has 0 bridgehead atoms. The second-order valence-corrected chi connectivity index (χ2v) is 10.2. The summed E-state index contributed by atoms with van der Waals surface area (Å²) in [6.45, 7) is 4.99. The summed E-state index contributed by atoms with van der Waals surface area (Å²) >= 11 is 0. The lowest BCUT2D eigenvalue weighted by Gasteiger charge is -2.28. The molecular weight excluding hydrogens is 532 g/mol. The van der Waals surface area contributed by atoms with Gasteiger partial charge in [-0.1, -0.05) is 0 Å². The molecule has 1 aliphatic rings. The van der Waals surface area contributed by atoms with Crippen LogP contribution in [0.5, 0.6) is 5.88 Å². The first-order chi connectivity index (χ1) is 20.4. The largest absolute Gasteiger partial charge is 0.494 e. The van der Waals surface area contributed by atoms with Gasteiger partial charge in [-0.2, -0.15) is 5.10 Å². The molecule has 1 aliphatic heterocycles. The number of aromatic nitrogens is 3. The van der Waals surface area contributed by atoms with E-state index in [9.17, 15) is 14.7 Å². The van der Waals surface area contributed by atoms with Crippen molar-refractivity contribution in [3.05, 3.63) is 101 Å². The molecule has 2 aromatic heterocycles. The Hall–Kier alpha value is -5.22. The minimum atomic E-state index is -0.280. The Morgan fingerprint density at radius 2 is 1.71 bits per heavy atom. The quantitative estimate of drug-likeness (QED) is 0.190. The number of hydrogen-bond donors (Lipinski definition) is 3. The van der Waals surface area contributed by atoms with Gasteiger partial charge in [0.2, 0.25) is 0 Å². The summed E-state index contributed by atoms with van der Waals surface area (Å²) in [5.74, 6) is -0.483. The average Bonchev–Trinajstić information content (AvgIpc) is 3.52. The lowest BCUT2D eigenvalue weighted by Crippen LogP contribution is -2.36. The van der Waals surface area contributed by atoms with Gasteiger partial charge in [0.05, 0.1) is 30.2 Å². The zero-order valence-corrected chi connectivity index (χ0v) is 23.3. The Balaban J connectivity index is 1.18. The number of fused-ring (bicyclic) bond motifs is 1. The van der Waals surface area contributed by atoms with Crippen molar-refractivity contribution in [3.8, 4) is 5.88 Å². The van der Waals surface area contributed by atoms with E-state index in [1.807, 2.05) is 31.2 Å². The summed E-state index contributed by atoms with van der Waals surface area (Å²) in [6.07, 6.45) is 1.60. The molecule has 0 saturated carbocycles. The first-order valence-corrected chi connectivity index (χ1v) is 13.6. The number of carbonyl (C=O) groups is 2. The second kappa shape index (κ2) is 11.3. The Morgan fingerprint density at radius 1 is 1.00 bits per heavy atom. The number of ether oxygens (including phenoxy) is 1. The van der Waals surface area contributed by atoms with Crippen molar-refractivity contribution < 1.29 is 19.4 Å². The molecule has 6 rings (SSSR count). The number of anilines is 2. The zero-order chi connectivity index (χ0) is 29.2. The molecule has 1 saturated heterocycles. The van der Waals surface area contributed by atoms with Crippen LogP contribution in [0.1, 0.15) is 37.7 Å². The SMILES string of the molecule is Cc1cc(C(=O)Nc2ccc(C(=O)c3ccc4[nH]c(O)c(C=Nc5ccc(N6CCOCC6)cc5)c4c3)cc2)n(C)n1. The molecule has 10 heteroatoms. The van der Waals surface area contributed by atoms with E-state index in [0.29, 0.717) is 39.0 Å². The van der Waals surface area contributed by atoms with E-state index in [1.54, 1.807) is 61.8 Å². The molecule has 0 radical (unpaired) electrons. The highest BCUT2D eigenvalue weighted by Gasteiger charge is 2.16. The van der Waals surface area contributed by atoms with E-state index < -0.39 is 0 Å². The van der Waals surface area contributed by atoms with Gasteiger partial charge in [0, 0.05) is 59.8 Å². The lowest BCUT2D eigenvalue weighted by molar-refractivity contribution is 0.101. The summed E-state index contributed by atoms with van der Waals surface area (Å²) in [5, 5.41) is 18.3. The summed E-state index contributed by atoms with van der Waals surface area (Å²) in [4.78, 5) is 35.7. The van der Waals surface area contributed by atoms with E-state index in [1.165, 1.54) is 4.68 Å². The number of ketones is 1. The number of nitrogens with zero attached hydrogens (tertiary/aromatic N) is 4. The molecule has 1 fully saturated rings. The molecule has 3 N–H and O–H groups in total. The lowest BCUT2D eigenvalue weighted by atomic mass is 10.0. The van der Waals surface area contributed by atoms with E-state index in [4.69, 9.17) is 4.74 Å². The van der Waals surface area contributed by atoms with Crippen molar-refractivity contribution in [3.63, 3.8) is 0 Å². The first kappa shape index (κ1) is 27.0. The minimum absolute atomic E-state index is 0.0213.